The Labute approximate surface area is 220 Å². The predicted octanol–water partition coefficient (Wildman–Crippen LogP) is 4.84. The maximum Gasteiger partial charge on any atom is 0.410 e. The normalized spacial score (nSPS) is 22.9. The van der Waals surface area contributed by atoms with Crippen molar-refractivity contribution in [2.24, 2.45) is 5.41 Å². The molecule has 36 heavy (non-hydrogen) atoms. The summed E-state index contributed by atoms with van der Waals surface area (Å²) in [5, 5.41) is 0.641. The van der Waals surface area contributed by atoms with Crippen LogP contribution in [0.1, 0.15) is 46.5 Å². The first-order valence-corrected chi connectivity index (χ1v) is 13.4. The van der Waals surface area contributed by atoms with Crippen molar-refractivity contribution in [3.8, 4) is 6.01 Å². The minimum atomic E-state index is -0.542. The number of hydrogen-bond acceptors (Lipinski definition) is 7. The van der Waals surface area contributed by atoms with Crippen molar-refractivity contribution in [3.63, 3.8) is 0 Å². The molecule has 2 unspecified atom stereocenters. The van der Waals surface area contributed by atoms with Gasteiger partial charge in [-0.15, -0.1) is 0 Å². The molecule has 5 rings (SSSR count). The fraction of sp³-hybridized carbons (Fsp3) is 0.654. The van der Waals surface area contributed by atoms with Crippen LogP contribution in [0.2, 0.25) is 0 Å². The van der Waals surface area contributed by atoms with Crippen LogP contribution in [-0.4, -0.2) is 83.9 Å². The predicted molar refractivity (Wildman–Crippen MR) is 140 cm³/mol. The van der Waals surface area contributed by atoms with Crippen LogP contribution in [0, 0.1) is 11.2 Å². The summed E-state index contributed by atoms with van der Waals surface area (Å²) in [4.78, 5) is 28.4. The first kappa shape index (κ1) is 25.4. The molecule has 0 N–H and O–H groups in total. The summed E-state index contributed by atoms with van der Waals surface area (Å²) >= 11 is 3.29. The van der Waals surface area contributed by atoms with E-state index < -0.39 is 11.4 Å². The molecular formula is C26H35BrFN5O3. The van der Waals surface area contributed by atoms with Gasteiger partial charge in [0.25, 0.3) is 0 Å². The fourth-order valence-corrected chi connectivity index (χ4v) is 5.83. The van der Waals surface area contributed by atoms with E-state index in [1.807, 2.05) is 31.7 Å². The summed E-state index contributed by atoms with van der Waals surface area (Å²) in [6, 6.07) is 3.76. The number of carbonyl (C=O) groups excluding carboxylic acids is 1. The van der Waals surface area contributed by atoms with Gasteiger partial charge in [-0.25, -0.2) is 9.18 Å². The quantitative estimate of drug-likeness (QED) is 0.498. The lowest BCUT2D eigenvalue weighted by Gasteiger charge is -2.42. The van der Waals surface area contributed by atoms with E-state index in [1.54, 1.807) is 6.07 Å². The summed E-state index contributed by atoms with van der Waals surface area (Å²) in [6.07, 6.45) is 3.74. The average molecular weight is 564 g/mol. The van der Waals surface area contributed by atoms with Gasteiger partial charge in [-0.2, -0.15) is 9.97 Å². The number of nitrogens with zero attached hydrogens (tertiary/aromatic N) is 5. The molecule has 3 aliphatic rings. The van der Waals surface area contributed by atoms with Gasteiger partial charge >= 0.3 is 12.1 Å². The maximum absolute atomic E-state index is 15.2. The van der Waals surface area contributed by atoms with Crippen molar-refractivity contribution in [2.75, 3.05) is 45.2 Å². The van der Waals surface area contributed by atoms with E-state index in [-0.39, 0.29) is 35.1 Å². The van der Waals surface area contributed by atoms with Crippen molar-refractivity contribution < 1.29 is 18.7 Å². The molecule has 1 aromatic heterocycles. The summed E-state index contributed by atoms with van der Waals surface area (Å²) in [7, 11) is 4.12. The van der Waals surface area contributed by atoms with E-state index in [9.17, 15) is 4.79 Å². The second-order valence-corrected chi connectivity index (χ2v) is 12.6. The molecular weight excluding hydrogens is 529 g/mol. The molecule has 1 aromatic carbocycles. The van der Waals surface area contributed by atoms with Crippen molar-refractivity contribution in [2.45, 2.75) is 64.1 Å². The highest BCUT2D eigenvalue weighted by Gasteiger charge is 2.46. The number of piperazine rings is 1. The van der Waals surface area contributed by atoms with Crippen molar-refractivity contribution in [1.29, 1.82) is 0 Å². The Hall–Kier alpha value is -2.20. The zero-order valence-corrected chi connectivity index (χ0v) is 23.3. The molecule has 1 saturated carbocycles. The number of amides is 1. The maximum atomic E-state index is 15.2. The van der Waals surface area contributed by atoms with Gasteiger partial charge in [0.1, 0.15) is 16.9 Å². The monoisotopic (exact) mass is 563 g/mol. The zero-order chi connectivity index (χ0) is 25.8. The third kappa shape index (κ3) is 5.11. The summed E-state index contributed by atoms with van der Waals surface area (Å²) in [6.45, 7) is 8.29. The van der Waals surface area contributed by atoms with Gasteiger partial charge in [0.05, 0.1) is 23.2 Å². The lowest BCUT2D eigenvalue weighted by Crippen LogP contribution is -2.57. The van der Waals surface area contributed by atoms with Crippen molar-refractivity contribution in [3.05, 3.63) is 22.4 Å². The van der Waals surface area contributed by atoms with Crippen LogP contribution in [0.4, 0.5) is 15.0 Å². The minimum absolute atomic E-state index is 0.0168. The van der Waals surface area contributed by atoms with Crippen LogP contribution in [0.3, 0.4) is 0 Å². The molecule has 0 radical (unpaired) electrons. The van der Waals surface area contributed by atoms with E-state index >= 15 is 4.39 Å². The standard InChI is InChI=1S/C26H35BrFN5O3/c1-25(2,3)36-24(34)33-16-6-7-17(33)13-32(12-16)22-18-8-9-19(27)20(28)21(18)29-23(30-22)35-15-26(10-11-26)14-31(4)5/h8-9,16-17H,6-7,10-15H2,1-5H3. The highest BCUT2D eigenvalue weighted by Crippen LogP contribution is 2.46. The van der Waals surface area contributed by atoms with Crippen molar-refractivity contribution in [1.82, 2.24) is 19.8 Å². The number of rotatable bonds is 6. The molecule has 1 aliphatic carbocycles. The van der Waals surface area contributed by atoms with Gasteiger partial charge in [0.15, 0.2) is 5.82 Å². The lowest BCUT2D eigenvalue weighted by atomic mass is 10.1. The molecule has 2 atom stereocenters. The van der Waals surface area contributed by atoms with Crippen LogP contribution >= 0.6 is 15.9 Å². The van der Waals surface area contributed by atoms with Gasteiger partial charge in [0.2, 0.25) is 0 Å². The number of halogens is 2. The van der Waals surface area contributed by atoms with Gasteiger partial charge in [-0.05, 0) is 88.6 Å². The molecule has 3 heterocycles. The molecule has 2 bridgehead atoms. The number of ether oxygens (including phenoxy) is 2. The van der Waals surface area contributed by atoms with Crippen LogP contribution < -0.4 is 9.64 Å². The molecule has 2 saturated heterocycles. The van der Waals surface area contributed by atoms with Crippen LogP contribution in [-0.2, 0) is 4.74 Å². The molecule has 2 aromatic rings. The molecule has 0 spiro atoms. The SMILES string of the molecule is CN(C)CC1(COc2nc(N3CC4CCC(C3)N4C(=O)OC(C)(C)C)c3ccc(Br)c(F)c3n2)CC1. The van der Waals surface area contributed by atoms with Crippen LogP contribution in [0.5, 0.6) is 6.01 Å². The lowest BCUT2D eigenvalue weighted by molar-refractivity contribution is 0.0123. The molecule has 3 fully saturated rings. The highest BCUT2D eigenvalue weighted by molar-refractivity contribution is 9.10. The average Bonchev–Trinajstić information content (AvgIpc) is 3.49. The largest absolute Gasteiger partial charge is 0.463 e. The number of benzene rings is 1. The Bertz CT molecular complexity index is 1150. The Morgan fingerprint density at radius 2 is 1.86 bits per heavy atom. The van der Waals surface area contributed by atoms with Gasteiger partial charge in [-0.3, -0.25) is 4.90 Å². The molecule has 196 valence electrons. The van der Waals surface area contributed by atoms with Gasteiger partial charge in [-0.1, -0.05) is 0 Å². The number of fused-ring (bicyclic) bond motifs is 3. The number of aromatic nitrogens is 2. The molecule has 2 aliphatic heterocycles. The third-order valence-corrected chi connectivity index (χ3v) is 7.83. The topological polar surface area (TPSA) is 71.0 Å². The van der Waals surface area contributed by atoms with Crippen LogP contribution in [0.25, 0.3) is 10.9 Å². The first-order valence-electron chi connectivity index (χ1n) is 12.6. The second-order valence-electron chi connectivity index (χ2n) is 11.8. The van der Waals surface area contributed by atoms with E-state index in [2.05, 4.69) is 44.8 Å². The van der Waals surface area contributed by atoms with E-state index in [1.165, 1.54) is 0 Å². The van der Waals surface area contributed by atoms with Crippen molar-refractivity contribution >= 4 is 38.7 Å². The first-order chi connectivity index (χ1) is 16.9. The van der Waals surface area contributed by atoms with E-state index in [0.29, 0.717) is 35.4 Å². The van der Waals surface area contributed by atoms with Crippen LogP contribution in [0.15, 0.2) is 16.6 Å². The highest BCUT2D eigenvalue weighted by atomic mass is 79.9. The molecule has 8 nitrogen and oxygen atoms in total. The molecule has 1 amide bonds. The number of hydrogen-bond donors (Lipinski definition) is 0. The summed E-state index contributed by atoms with van der Waals surface area (Å²) < 4.78 is 27.3. The minimum Gasteiger partial charge on any atom is -0.463 e. The summed E-state index contributed by atoms with van der Waals surface area (Å²) in [5.74, 6) is 0.227. The zero-order valence-electron chi connectivity index (χ0n) is 21.7. The Morgan fingerprint density at radius 1 is 1.19 bits per heavy atom. The fourth-order valence-electron chi connectivity index (χ4n) is 5.51. The Morgan fingerprint density at radius 3 is 2.44 bits per heavy atom. The van der Waals surface area contributed by atoms with Gasteiger partial charge < -0.3 is 19.3 Å². The number of anilines is 1. The van der Waals surface area contributed by atoms with E-state index in [0.717, 1.165) is 32.2 Å². The second kappa shape index (κ2) is 9.28. The molecule has 10 heteroatoms. The third-order valence-electron chi connectivity index (χ3n) is 7.22. The Kier molecular flexibility index (Phi) is 6.56. The smallest absolute Gasteiger partial charge is 0.410 e. The van der Waals surface area contributed by atoms with Gasteiger partial charge in [0, 0.05) is 30.4 Å². The van der Waals surface area contributed by atoms with E-state index in [4.69, 9.17) is 14.5 Å². The number of carbonyl (C=O) groups is 1. The Balaban J connectivity index is 1.43. The summed E-state index contributed by atoms with van der Waals surface area (Å²) in [5.41, 5.74) is -0.196.